The Morgan fingerprint density at radius 2 is 1.69 bits per heavy atom. The molecule has 2 nitrogen and oxygen atoms in total. The number of rotatable bonds is 7. The van der Waals surface area contributed by atoms with Crippen molar-refractivity contribution in [3.8, 4) is 11.3 Å². The van der Waals surface area contributed by atoms with Crippen molar-refractivity contribution in [1.29, 1.82) is 0 Å². The molecule has 0 aliphatic heterocycles. The number of halogens is 1. The van der Waals surface area contributed by atoms with Crippen LogP contribution in [-0.4, -0.2) is 10.4 Å². The number of hydrogen-bond acceptors (Lipinski definition) is 1. The Hall–Kier alpha value is -3.20. The van der Waals surface area contributed by atoms with Crippen LogP contribution in [0.25, 0.3) is 22.0 Å². The molecule has 0 fully saturated rings. The Morgan fingerprint density at radius 1 is 0.897 bits per heavy atom. The van der Waals surface area contributed by atoms with Crippen molar-refractivity contribution < 1.29 is 9.18 Å². The van der Waals surface area contributed by atoms with Gasteiger partial charge in [-0.1, -0.05) is 74.4 Å². The van der Waals surface area contributed by atoms with Crippen molar-refractivity contribution in [3.05, 3.63) is 95.9 Å². The quantitative estimate of drug-likeness (QED) is 0.251. The van der Waals surface area contributed by atoms with E-state index >= 15 is 0 Å². The molecule has 0 atom stereocenters. The molecule has 29 heavy (non-hydrogen) atoms. The van der Waals surface area contributed by atoms with Crippen molar-refractivity contribution in [3.63, 3.8) is 0 Å². The van der Waals surface area contributed by atoms with Gasteiger partial charge in [-0.2, -0.15) is 0 Å². The van der Waals surface area contributed by atoms with Crippen LogP contribution in [0.4, 0.5) is 4.39 Å². The molecular formula is C26H24FNO. The first-order valence-corrected chi connectivity index (χ1v) is 10.2. The van der Waals surface area contributed by atoms with Gasteiger partial charge in [-0.3, -0.25) is 4.79 Å². The first-order valence-electron chi connectivity index (χ1n) is 10.2. The normalized spacial score (nSPS) is 11.1. The number of carbonyl (C=O) groups excluding carboxylic acids is 1. The molecule has 0 amide bonds. The van der Waals surface area contributed by atoms with Gasteiger partial charge < -0.3 is 4.57 Å². The molecule has 0 saturated carbocycles. The van der Waals surface area contributed by atoms with Crippen molar-refractivity contribution in [1.82, 2.24) is 4.57 Å². The van der Waals surface area contributed by atoms with Crippen molar-refractivity contribution >= 4 is 16.6 Å². The molecule has 1 heterocycles. The molecule has 0 unspecified atom stereocenters. The monoisotopic (exact) mass is 385 g/mol. The first kappa shape index (κ1) is 19.1. The fraction of sp³-hybridized carbons (Fsp3) is 0.192. The van der Waals surface area contributed by atoms with E-state index in [1.165, 1.54) is 12.1 Å². The average Bonchev–Trinajstić information content (AvgIpc) is 3.17. The Balaban J connectivity index is 1.81. The SMILES string of the molecule is CCCCCn1c(C(=O)c2cccc3ccccc23)ccc1-c1cccc(F)c1. The maximum atomic E-state index is 13.8. The number of hydrogen-bond donors (Lipinski definition) is 0. The first-order chi connectivity index (χ1) is 14.2. The topological polar surface area (TPSA) is 22.0 Å². The Bertz CT molecular complexity index is 1150. The number of nitrogens with zero attached hydrogens (tertiary/aromatic N) is 1. The molecule has 3 heteroatoms. The van der Waals surface area contributed by atoms with E-state index in [0.717, 1.165) is 47.8 Å². The van der Waals surface area contributed by atoms with Crippen LogP contribution in [-0.2, 0) is 6.54 Å². The molecule has 0 aliphatic carbocycles. The minimum absolute atomic E-state index is 0.000881. The zero-order chi connectivity index (χ0) is 20.2. The summed E-state index contributed by atoms with van der Waals surface area (Å²) in [5.41, 5.74) is 3.02. The zero-order valence-corrected chi connectivity index (χ0v) is 16.6. The van der Waals surface area contributed by atoms with Gasteiger partial charge in [0, 0.05) is 23.4 Å². The second kappa shape index (κ2) is 8.44. The fourth-order valence-electron chi connectivity index (χ4n) is 3.89. The van der Waals surface area contributed by atoms with Crippen molar-refractivity contribution in [2.45, 2.75) is 32.7 Å². The van der Waals surface area contributed by atoms with Gasteiger partial charge in [-0.05, 0) is 41.5 Å². The third kappa shape index (κ3) is 3.86. The van der Waals surface area contributed by atoms with Crippen LogP contribution >= 0.6 is 0 Å². The number of carbonyl (C=O) groups is 1. The summed E-state index contributed by atoms with van der Waals surface area (Å²) in [7, 11) is 0. The molecule has 4 aromatic rings. The highest BCUT2D eigenvalue weighted by Gasteiger charge is 2.19. The lowest BCUT2D eigenvalue weighted by Gasteiger charge is -2.14. The highest BCUT2D eigenvalue weighted by molar-refractivity contribution is 6.16. The molecule has 0 aliphatic rings. The maximum absolute atomic E-state index is 13.8. The maximum Gasteiger partial charge on any atom is 0.210 e. The second-order valence-corrected chi connectivity index (χ2v) is 7.33. The summed E-state index contributed by atoms with van der Waals surface area (Å²) in [6, 6.07) is 24.1. The largest absolute Gasteiger partial charge is 0.338 e. The van der Waals surface area contributed by atoms with E-state index in [1.807, 2.05) is 60.7 Å². The number of fused-ring (bicyclic) bond motifs is 1. The van der Waals surface area contributed by atoms with E-state index in [0.29, 0.717) is 11.3 Å². The molecule has 0 spiro atoms. The number of unbranched alkanes of at least 4 members (excludes halogenated alkanes) is 2. The minimum atomic E-state index is -0.272. The number of aromatic nitrogens is 1. The fourth-order valence-corrected chi connectivity index (χ4v) is 3.89. The van der Waals surface area contributed by atoms with Crippen LogP contribution in [0, 0.1) is 5.82 Å². The molecule has 3 aromatic carbocycles. The molecule has 0 N–H and O–H groups in total. The second-order valence-electron chi connectivity index (χ2n) is 7.33. The number of benzene rings is 3. The lowest BCUT2D eigenvalue weighted by molar-refractivity contribution is 0.103. The van der Waals surface area contributed by atoms with Crippen LogP contribution in [0.3, 0.4) is 0 Å². The Kier molecular flexibility index (Phi) is 5.57. The summed E-state index contributed by atoms with van der Waals surface area (Å²) in [6.07, 6.45) is 3.16. The summed E-state index contributed by atoms with van der Waals surface area (Å²) in [5, 5.41) is 2.00. The van der Waals surface area contributed by atoms with Gasteiger partial charge >= 0.3 is 0 Å². The Morgan fingerprint density at radius 3 is 2.52 bits per heavy atom. The lowest BCUT2D eigenvalue weighted by Crippen LogP contribution is -2.12. The van der Waals surface area contributed by atoms with E-state index < -0.39 is 0 Å². The van der Waals surface area contributed by atoms with E-state index in [9.17, 15) is 9.18 Å². The Labute approximate surface area is 170 Å². The van der Waals surface area contributed by atoms with Gasteiger partial charge in [0.25, 0.3) is 0 Å². The van der Waals surface area contributed by atoms with Gasteiger partial charge in [0.2, 0.25) is 5.78 Å². The predicted octanol–water partition coefficient (Wildman–Crippen LogP) is 6.87. The van der Waals surface area contributed by atoms with Crippen LogP contribution in [0.1, 0.15) is 42.2 Å². The molecule has 146 valence electrons. The van der Waals surface area contributed by atoms with Gasteiger partial charge in [0.1, 0.15) is 5.82 Å². The molecule has 4 rings (SSSR count). The van der Waals surface area contributed by atoms with Gasteiger partial charge in [0.05, 0.1) is 5.69 Å². The van der Waals surface area contributed by atoms with E-state index in [2.05, 4.69) is 11.5 Å². The predicted molar refractivity (Wildman–Crippen MR) is 117 cm³/mol. The summed E-state index contributed by atoms with van der Waals surface area (Å²) in [6.45, 7) is 2.89. The summed E-state index contributed by atoms with van der Waals surface area (Å²) >= 11 is 0. The zero-order valence-electron chi connectivity index (χ0n) is 16.6. The summed E-state index contributed by atoms with van der Waals surface area (Å²) in [4.78, 5) is 13.5. The highest BCUT2D eigenvalue weighted by atomic mass is 19.1. The summed E-state index contributed by atoms with van der Waals surface area (Å²) in [5.74, 6) is -0.272. The smallest absolute Gasteiger partial charge is 0.210 e. The third-order valence-electron chi connectivity index (χ3n) is 5.35. The van der Waals surface area contributed by atoms with Crippen LogP contribution in [0.2, 0.25) is 0 Å². The van der Waals surface area contributed by atoms with E-state index in [1.54, 1.807) is 6.07 Å². The molecule has 0 radical (unpaired) electrons. The van der Waals surface area contributed by atoms with E-state index in [4.69, 9.17) is 0 Å². The third-order valence-corrected chi connectivity index (χ3v) is 5.35. The van der Waals surface area contributed by atoms with Crippen LogP contribution < -0.4 is 0 Å². The van der Waals surface area contributed by atoms with Gasteiger partial charge in [-0.25, -0.2) is 4.39 Å². The number of ketones is 1. The molecule has 0 saturated heterocycles. The van der Waals surface area contributed by atoms with Crippen molar-refractivity contribution in [2.24, 2.45) is 0 Å². The van der Waals surface area contributed by atoms with Gasteiger partial charge in [-0.15, -0.1) is 0 Å². The average molecular weight is 385 g/mol. The molecule has 0 bridgehead atoms. The minimum Gasteiger partial charge on any atom is -0.338 e. The molecular weight excluding hydrogens is 361 g/mol. The standard InChI is InChI=1S/C26H24FNO/c1-2-3-6-17-28-24(20-11-7-12-21(27)18-20)15-16-25(28)26(29)23-14-8-10-19-9-4-5-13-22(19)23/h4-5,7-16,18H,2-3,6,17H2,1H3. The van der Waals surface area contributed by atoms with Gasteiger partial charge in [0.15, 0.2) is 0 Å². The van der Waals surface area contributed by atoms with E-state index in [-0.39, 0.29) is 11.6 Å². The van der Waals surface area contributed by atoms with Crippen LogP contribution in [0.5, 0.6) is 0 Å². The van der Waals surface area contributed by atoms with Crippen molar-refractivity contribution in [2.75, 3.05) is 0 Å². The van der Waals surface area contributed by atoms with Crippen LogP contribution in [0.15, 0.2) is 78.9 Å². The summed E-state index contributed by atoms with van der Waals surface area (Å²) < 4.78 is 15.9. The highest BCUT2D eigenvalue weighted by Crippen LogP contribution is 2.28. The molecule has 1 aromatic heterocycles. The lowest BCUT2D eigenvalue weighted by atomic mass is 10.00.